The van der Waals surface area contributed by atoms with E-state index in [4.69, 9.17) is 4.43 Å². The maximum Gasteiger partial charge on any atom is 0.321 e. The summed E-state index contributed by atoms with van der Waals surface area (Å²) in [5.41, 5.74) is 2.10. The van der Waals surface area contributed by atoms with Crippen LogP contribution in [0, 0.1) is 5.92 Å². The Morgan fingerprint density at radius 2 is 1.70 bits per heavy atom. The van der Waals surface area contributed by atoms with Crippen LogP contribution in [-0.2, 0) is 17.8 Å². The molecule has 206 valence electrons. The standard InChI is InChI=1S/C34H36FNO2SSi/c1-34(2,3)40(27-12-6-4-7-13-27,28-14-8-5-9-15-28)38-31-21-26-22-36(20-19-30(26)39-31)33(24-17-18-24)29-16-10-11-25(23-37)32(29)35/h4-16,21,24,32-33H,17-20,22H2,1-3H3. The first-order valence-electron chi connectivity index (χ1n) is 14.2. The van der Waals surface area contributed by atoms with Gasteiger partial charge in [-0.1, -0.05) is 93.6 Å². The molecule has 0 saturated heterocycles. The number of hydrogen-bond donors (Lipinski definition) is 0. The lowest BCUT2D eigenvalue weighted by Crippen LogP contribution is -2.68. The summed E-state index contributed by atoms with van der Waals surface area (Å²) in [4.78, 5) is 15.1. The van der Waals surface area contributed by atoms with Crippen molar-refractivity contribution in [3.8, 4) is 5.06 Å². The fourth-order valence-electron chi connectivity index (χ4n) is 6.55. The summed E-state index contributed by atoms with van der Waals surface area (Å²) in [7, 11) is -2.71. The second kappa shape index (κ2) is 10.8. The molecule has 0 spiro atoms. The third-order valence-electron chi connectivity index (χ3n) is 8.60. The predicted octanol–water partition coefficient (Wildman–Crippen LogP) is 6.42. The summed E-state index contributed by atoms with van der Waals surface area (Å²) < 4.78 is 22.7. The van der Waals surface area contributed by atoms with Crippen molar-refractivity contribution in [2.75, 3.05) is 6.54 Å². The van der Waals surface area contributed by atoms with Crippen LogP contribution in [0.25, 0.3) is 0 Å². The maximum atomic E-state index is 15.4. The number of allylic oxidation sites excluding steroid dienone is 4. The number of hydrogen-bond acceptors (Lipinski definition) is 4. The van der Waals surface area contributed by atoms with Gasteiger partial charge in [0.2, 0.25) is 0 Å². The van der Waals surface area contributed by atoms with Crippen LogP contribution in [0.15, 0.2) is 96.1 Å². The SMILES string of the molecule is CC(C)(C)[Si](Oc1cc2c(s1)CCN(C(C1=CC=CC(=C=O)C1F)C1CC1)C2)(c1ccccc1)c1ccccc1. The molecule has 1 fully saturated rings. The Balaban J connectivity index is 1.34. The third kappa shape index (κ3) is 4.88. The molecule has 0 amide bonds. The Bertz CT molecular complexity index is 1440. The van der Waals surface area contributed by atoms with E-state index in [1.807, 2.05) is 12.0 Å². The van der Waals surface area contributed by atoms with Crippen LogP contribution in [0.4, 0.5) is 4.39 Å². The minimum Gasteiger partial charge on any atom is -0.527 e. The van der Waals surface area contributed by atoms with Gasteiger partial charge in [-0.15, -0.1) is 11.3 Å². The zero-order valence-corrected chi connectivity index (χ0v) is 25.2. The highest BCUT2D eigenvalue weighted by Crippen LogP contribution is 2.45. The van der Waals surface area contributed by atoms with Gasteiger partial charge in [0.15, 0.2) is 11.2 Å². The molecule has 6 heteroatoms. The van der Waals surface area contributed by atoms with Crippen LogP contribution in [0.2, 0.25) is 5.04 Å². The van der Waals surface area contributed by atoms with Gasteiger partial charge < -0.3 is 4.43 Å². The number of alkyl halides is 1. The van der Waals surface area contributed by atoms with Gasteiger partial charge in [0, 0.05) is 24.0 Å². The first-order valence-corrected chi connectivity index (χ1v) is 17.0. The van der Waals surface area contributed by atoms with E-state index in [2.05, 4.69) is 92.4 Å². The van der Waals surface area contributed by atoms with Crippen molar-refractivity contribution in [1.29, 1.82) is 0 Å². The van der Waals surface area contributed by atoms with Gasteiger partial charge in [0.1, 0.15) is 5.94 Å². The lowest BCUT2D eigenvalue weighted by molar-refractivity contribution is 0.172. The van der Waals surface area contributed by atoms with Gasteiger partial charge in [0.25, 0.3) is 0 Å². The number of carbonyl (C=O) groups excluding carboxylic acids is 1. The molecule has 2 unspecified atom stereocenters. The molecular formula is C34H36FNO2SSi. The summed E-state index contributed by atoms with van der Waals surface area (Å²) >= 11 is 1.78. The number of halogens is 1. The van der Waals surface area contributed by atoms with Crippen molar-refractivity contribution in [1.82, 2.24) is 4.90 Å². The largest absolute Gasteiger partial charge is 0.527 e. The van der Waals surface area contributed by atoms with E-state index < -0.39 is 14.5 Å². The molecule has 0 N–H and O–H groups in total. The lowest BCUT2D eigenvalue weighted by atomic mass is 9.88. The summed E-state index contributed by atoms with van der Waals surface area (Å²) in [6, 6.07) is 23.7. The Morgan fingerprint density at radius 1 is 1.05 bits per heavy atom. The maximum absolute atomic E-state index is 15.4. The fraction of sp³-hybridized carbons (Fsp3) is 0.353. The van der Waals surface area contributed by atoms with Crippen molar-refractivity contribution in [2.24, 2.45) is 5.92 Å². The number of fused-ring (bicyclic) bond motifs is 1. The fourth-order valence-corrected chi connectivity index (χ4v) is 12.3. The van der Waals surface area contributed by atoms with Crippen LogP contribution < -0.4 is 14.8 Å². The number of thiophene rings is 1. The lowest BCUT2D eigenvalue weighted by Gasteiger charge is -2.42. The first kappa shape index (κ1) is 27.2. The van der Waals surface area contributed by atoms with Crippen molar-refractivity contribution in [3.05, 3.63) is 107 Å². The molecule has 1 aromatic heterocycles. The van der Waals surface area contributed by atoms with Crippen molar-refractivity contribution in [3.63, 3.8) is 0 Å². The molecular weight excluding hydrogens is 534 g/mol. The molecule has 3 aromatic rings. The highest BCUT2D eigenvalue weighted by molar-refractivity contribution is 7.15. The Labute approximate surface area is 241 Å². The average molecular weight is 570 g/mol. The molecule has 3 aliphatic rings. The van der Waals surface area contributed by atoms with E-state index >= 15 is 4.39 Å². The smallest absolute Gasteiger partial charge is 0.321 e. The molecule has 2 aliphatic carbocycles. The van der Waals surface area contributed by atoms with E-state index in [-0.39, 0.29) is 16.7 Å². The normalized spacial score (nSPS) is 20.4. The molecule has 2 atom stereocenters. The Morgan fingerprint density at radius 3 is 2.27 bits per heavy atom. The number of nitrogens with zero attached hydrogens (tertiary/aromatic N) is 1. The summed E-state index contributed by atoms with van der Waals surface area (Å²) in [6.07, 6.45) is 7.00. The van der Waals surface area contributed by atoms with Gasteiger partial charge in [-0.05, 0) is 63.9 Å². The summed E-state index contributed by atoms with van der Waals surface area (Å²) in [6.45, 7) is 8.55. The van der Waals surface area contributed by atoms with Gasteiger partial charge in [-0.3, -0.25) is 4.90 Å². The Hall–Kier alpha value is -3.02. The molecule has 2 aromatic carbocycles. The van der Waals surface area contributed by atoms with E-state index in [9.17, 15) is 4.79 Å². The second-order valence-corrected chi connectivity index (χ2v) is 17.5. The van der Waals surface area contributed by atoms with Gasteiger partial charge in [-0.2, -0.15) is 0 Å². The average Bonchev–Trinajstić information content (AvgIpc) is 3.71. The minimum atomic E-state index is -2.71. The van der Waals surface area contributed by atoms with E-state index in [0.717, 1.165) is 37.4 Å². The number of rotatable bonds is 7. The zero-order valence-electron chi connectivity index (χ0n) is 23.4. The highest BCUT2D eigenvalue weighted by atomic mass is 32.1. The van der Waals surface area contributed by atoms with Crippen molar-refractivity contribution < 1.29 is 13.6 Å². The molecule has 3 nitrogen and oxygen atoms in total. The predicted molar refractivity (Wildman–Crippen MR) is 165 cm³/mol. The van der Waals surface area contributed by atoms with Crippen LogP contribution in [0.3, 0.4) is 0 Å². The molecule has 6 rings (SSSR count). The summed E-state index contributed by atoms with van der Waals surface area (Å²) in [5.74, 6) is 2.26. The van der Waals surface area contributed by atoms with Crippen molar-refractivity contribution in [2.45, 2.75) is 63.8 Å². The van der Waals surface area contributed by atoms with Gasteiger partial charge in [-0.25, -0.2) is 9.18 Å². The topological polar surface area (TPSA) is 29.5 Å². The first-order chi connectivity index (χ1) is 19.3. The summed E-state index contributed by atoms with van der Waals surface area (Å²) in [5, 5.41) is 3.39. The van der Waals surface area contributed by atoms with Gasteiger partial charge in [0.05, 0.1) is 5.57 Å². The molecule has 1 aliphatic heterocycles. The zero-order chi connectivity index (χ0) is 27.9. The van der Waals surface area contributed by atoms with Crippen LogP contribution in [0.1, 0.15) is 44.1 Å². The molecule has 0 radical (unpaired) electrons. The highest BCUT2D eigenvalue weighted by Gasteiger charge is 2.52. The van der Waals surface area contributed by atoms with Gasteiger partial charge >= 0.3 is 8.32 Å². The van der Waals surface area contributed by atoms with Crippen LogP contribution >= 0.6 is 11.3 Å². The van der Waals surface area contributed by atoms with E-state index in [0.29, 0.717) is 11.5 Å². The Kier molecular flexibility index (Phi) is 7.30. The van der Waals surface area contributed by atoms with E-state index in [1.165, 1.54) is 20.8 Å². The quantitative estimate of drug-likeness (QED) is 0.243. The monoisotopic (exact) mass is 569 g/mol. The van der Waals surface area contributed by atoms with Crippen LogP contribution in [-0.4, -0.2) is 37.9 Å². The van der Waals surface area contributed by atoms with E-state index in [1.54, 1.807) is 23.5 Å². The molecule has 40 heavy (non-hydrogen) atoms. The second-order valence-electron chi connectivity index (χ2n) is 12.2. The molecule has 1 saturated carbocycles. The molecule has 2 heterocycles. The minimum absolute atomic E-state index is 0.0115. The molecule has 0 bridgehead atoms. The van der Waals surface area contributed by atoms with Crippen LogP contribution in [0.5, 0.6) is 5.06 Å². The van der Waals surface area contributed by atoms with Crippen molar-refractivity contribution >= 4 is 36.0 Å². The third-order valence-corrected chi connectivity index (χ3v) is 14.8. The number of benzene rings is 2.